The van der Waals surface area contributed by atoms with Crippen LogP contribution in [0.5, 0.6) is 11.5 Å². The first-order valence-corrected chi connectivity index (χ1v) is 8.29. The van der Waals surface area contributed by atoms with E-state index in [4.69, 9.17) is 14.2 Å². The lowest BCUT2D eigenvalue weighted by Gasteiger charge is -2.26. The maximum Gasteiger partial charge on any atom is 0.267 e. The number of fused-ring (bicyclic) bond motifs is 1. The molecule has 0 atom stereocenters. The van der Waals surface area contributed by atoms with Crippen molar-refractivity contribution in [1.29, 1.82) is 0 Å². The summed E-state index contributed by atoms with van der Waals surface area (Å²) in [4.78, 5) is 24.3. The van der Waals surface area contributed by atoms with E-state index in [2.05, 4.69) is 10.5 Å². The van der Waals surface area contributed by atoms with Crippen LogP contribution in [0, 0.1) is 0 Å². The summed E-state index contributed by atoms with van der Waals surface area (Å²) in [6, 6.07) is 8.44. The van der Waals surface area contributed by atoms with Crippen LogP contribution < -0.4 is 20.5 Å². The van der Waals surface area contributed by atoms with Gasteiger partial charge in [0, 0.05) is 24.7 Å². The molecule has 1 saturated heterocycles. The average Bonchev–Trinajstić information content (AvgIpc) is 3.12. The topological polar surface area (TPSA) is 94.9 Å². The summed E-state index contributed by atoms with van der Waals surface area (Å²) >= 11 is 0. The highest BCUT2D eigenvalue weighted by Crippen LogP contribution is 2.35. The molecule has 0 bridgehead atoms. The number of carbonyl (C=O) groups excluding carboxylic acids is 1. The number of morpholine rings is 1. The van der Waals surface area contributed by atoms with Crippen LogP contribution in [0.3, 0.4) is 0 Å². The molecule has 0 saturated carbocycles. The van der Waals surface area contributed by atoms with Crippen LogP contribution in [0.4, 0.5) is 0 Å². The zero-order valence-corrected chi connectivity index (χ0v) is 14.0. The van der Waals surface area contributed by atoms with Crippen molar-refractivity contribution in [2.75, 3.05) is 33.1 Å². The zero-order valence-electron chi connectivity index (χ0n) is 14.0. The van der Waals surface area contributed by atoms with Crippen molar-refractivity contribution in [2.24, 2.45) is 0 Å². The Morgan fingerprint density at radius 3 is 2.77 bits per heavy atom. The Morgan fingerprint density at radius 2 is 1.92 bits per heavy atom. The van der Waals surface area contributed by atoms with Crippen LogP contribution in [0.15, 0.2) is 35.1 Å². The van der Waals surface area contributed by atoms with E-state index >= 15 is 0 Å². The molecule has 136 valence electrons. The Balaban J connectivity index is 1.51. The van der Waals surface area contributed by atoms with Crippen molar-refractivity contribution in [3.8, 4) is 22.8 Å². The smallest absolute Gasteiger partial charge is 0.267 e. The van der Waals surface area contributed by atoms with E-state index in [1.165, 1.54) is 6.07 Å². The van der Waals surface area contributed by atoms with Crippen LogP contribution in [-0.4, -0.2) is 53.8 Å². The van der Waals surface area contributed by atoms with Gasteiger partial charge >= 0.3 is 0 Å². The molecule has 0 spiro atoms. The molecule has 4 rings (SSSR count). The van der Waals surface area contributed by atoms with Gasteiger partial charge in [0.1, 0.15) is 6.54 Å². The van der Waals surface area contributed by atoms with Gasteiger partial charge in [-0.1, -0.05) is 0 Å². The fraction of sp³-hybridized carbons (Fsp3) is 0.353. The second kappa shape index (κ2) is 7.14. The summed E-state index contributed by atoms with van der Waals surface area (Å²) in [6.45, 7) is 2.40. The Labute approximate surface area is 149 Å². The number of hydrogen-bond donors (Lipinski definition) is 1. The predicted octanol–water partition coefficient (Wildman–Crippen LogP) is 0.00240. The summed E-state index contributed by atoms with van der Waals surface area (Å²) in [5, 5.41) is 6.08. The van der Waals surface area contributed by atoms with Crippen molar-refractivity contribution in [3.05, 3.63) is 40.7 Å². The third-order valence-electron chi connectivity index (χ3n) is 4.12. The highest BCUT2D eigenvalue weighted by molar-refractivity contribution is 5.75. The summed E-state index contributed by atoms with van der Waals surface area (Å²) < 4.78 is 17.0. The van der Waals surface area contributed by atoms with Gasteiger partial charge in [-0.2, -0.15) is 5.10 Å². The number of ether oxygens (including phenoxy) is 3. The van der Waals surface area contributed by atoms with Gasteiger partial charge in [0.25, 0.3) is 11.5 Å². The van der Waals surface area contributed by atoms with Gasteiger partial charge in [0.2, 0.25) is 6.79 Å². The molecule has 0 aliphatic carbocycles. The van der Waals surface area contributed by atoms with Gasteiger partial charge < -0.3 is 14.2 Å². The molecule has 9 nitrogen and oxygen atoms in total. The molecule has 9 heteroatoms. The van der Waals surface area contributed by atoms with Crippen molar-refractivity contribution >= 4 is 5.91 Å². The van der Waals surface area contributed by atoms with Gasteiger partial charge in [-0.05, 0) is 24.3 Å². The number of hydrogen-bond acceptors (Lipinski definition) is 7. The van der Waals surface area contributed by atoms with Gasteiger partial charge in [0.15, 0.2) is 11.5 Å². The first kappa shape index (κ1) is 16.6. The SMILES string of the molecule is O=C(Cn1nc(-c2ccc3c(c2)OCO3)ccc1=O)NN1CCOCC1. The lowest BCUT2D eigenvalue weighted by atomic mass is 10.1. The minimum atomic E-state index is -0.341. The largest absolute Gasteiger partial charge is 0.454 e. The van der Waals surface area contributed by atoms with E-state index in [1.807, 2.05) is 6.07 Å². The summed E-state index contributed by atoms with van der Waals surface area (Å²) in [5.41, 5.74) is 3.77. The second-order valence-corrected chi connectivity index (χ2v) is 5.92. The molecular formula is C17H18N4O5. The van der Waals surface area contributed by atoms with Gasteiger partial charge in [-0.25, -0.2) is 9.69 Å². The fourth-order valence-electron chi connectivity index (χ4n) is 2.79. The van der Waals surface area contributed by atoms with Crippen LogP contribution in [-0.2, 0) is 16.1 Å². The van der Waals surface area contributed by atoms with E-state index in [0.717, 1.165) is 10.2 Å². The minimum Gasteiger partial charge on any atom is -0.454 e. The Kier molecular flexibility index (Phi) is 4.55. The quantitative estimate of drug-likeness (QED) is 0.822. The number of rotatable bonds is 4. The summed E-state index contributed by atoms with van der Waals surface area (Å²) in [6.07, 6.45) is 0. The molecule has 1 aromatic carbocycles. The monoisotopic (exact) mass is 358 g/mol. The molecule has 26 heavy (non-hydrogen) atoms. The molecule has 1 aromatic heterocycles. The average molecular weight is 358 g/mol. The second-order valence-electron chi connectivity index (χ2n) is 5.92. The molecule has 1 N–H and O–H groups in total. The summed E-state index contributed by atoms with van der Waals surface area (Å²) in [7, 11) is 0. The molecular weight excluding hydrogens is 340 g/mol. The van der Waals surface area contributed by atoms with Crippen molar-refractivity contribution in [2.45, 2.75) is 6.54 Å². The number of hydrazine groups is 1. The first-order chi connectivity index (χ1) is 12.7. The number of nitrogens with one attached hydrogen (secondary N) is 1. The van der Waals surface area contributed by atoms with E-state index in [9.17, 15) is 9.59 Å². The van der Waals surface area contributed by atoms with Crippen molar-refractivity contribution in [3.63, 3.8) is 0 Å². The van der Waals surface area contributed by atoms with Gasteiger partial charge in [-0.3, -0.25) is 15.0 Å². The van der Waals surface area contributed by atoms with Crippen molar-refractivity contribution < 1.29 is 19.0 Å². The molecule has 2 aliphatic heterocycles. The first-order valence-electron chi connectivity index (χ1n) is 8.29. The predicted molar refractivity (Wildman–Crippen MR) is 90.6 cm³/mol. The number of aromatic nitrogens is 2. The standard InChI is InChI=1S/C17H18N4O5/c22-16(19-20-5-7-24-8-6-20)10-21-17(23)4-2-13(18-21)12-1-3-14-15(9-12)26-11-25-14/h1-4,9H,5-8,10-11H2,(H,19,22). The number of nitrogens with zero attached hydrogens (tertiary/aromatic N) is 3. The fourth-order valence-corrected chi connectivity index (χ4v) is 2.79. The number of carbonyl (C=O) groups is 1. The molecule has 2 aromatic rings. The Bertz CT molecular complexity index is 876. The normalized spacial score (nSPS) is 16.5. The van der Waals surface area contributed by atoms with Gasteiger partial charge in [0.05, 0.1) is 18.9 Å². The molecule has 2 aliphatic rings. The maximum absolute atomic E-state index is 12.2. The third-order valence-corrected chi connectivity index (χ3v) is 4.12. The Morgan fingerprint density at radius 1 is 1.12 bits per heavy atom. The highest BCUT2D eigenvalue weighted by atomic mass is 16.7. The lowest BCUT2D eigenvalue weighted by Crippen LogP contribution is -2.49. The molecule has 0 radical (unpaired) electrons. The third kappa shape index (κ3) is 3.53. The summed E-state index contributed by atoms with van der Waals surface area (Å²) in [5.74, 6) is 1.00. The zero-order chi connectivity index (χ0) is 17.9. The molecule has 1 fully saturated rings. The highest BCUT2D eigenvalue weighted by Gasteiger charge is 2.16. The number of amides is 1. The van der Waals surface area contributed by atoms with E-state index < -0.39 is 0 Å². The molecule has 0 unspecified atom stereocenters. The van der Waals surface area contributed by atoms with Crippen LogP contribution in [0.2, 0.25) is 0 Å². The minimum absolute atomic E-state index is 0.158. The molecule has 1 amide bonds. The van der Waals surface area contributed by atoms with E-state index in [-0.39, 0.29) is 24.8 Å². The molecule has 3 heterocycles. The van der Waals surface area contributed by atoms with Gasteiger partial charge in [-0.15, -0.1) is 0 Å². The van der Waals surface area contributed by atoms with Crippen LogP contribution >= 0.6 is 0 Å². The lowest BCUT2D eigenvalue weighted by molar-refractivity contribution is -0.128. The number of benzene rings is 1. The Hall–Kier alpha value is -2.91. The maximum atomic E-state index is 12.2. The van der Waals surface area contributed by atoms with Crippen LogP contribution in [0.1, 0.15) is 0 Å². The van der Waals surface area contributed by atoms with Crippen LogP contribution in [0.25, 0.3) is 11.3 Å². The van der Waals surface area contributed by atoms with E-state index in [0.29, 0.717) is 43.5 Å². The van der Waals surface area contributed by atoms with E-state index in [1.54, 1.807) is 23.2 Å². The van der Waals surface area contributed by atoms with Crippen molar-refractivity contribution in [1.82, 2.24) is 20.2 Å².